The van der Waals surface area contributed by atoms with E-state index in [2.05, 4.69) is 0 Å². The molecule has 5 heteroatoms. The summed E-state index contributed by atoms with van der Waals surface area (Å²) in [6.45, 7) is 0. The van der Waals surface area contributed by atoms with E-state index in [-0.39, 0.29) is 22.7 Å². The maximum atomic E-state index is 12.8. The molecule has 0 unspecified atom stereocenters. The van der Waals surface area contributed by atoms with Crippen LogP contribution in [0.25, 0.3) is 0 Å². The third kappa shape index (κ3) is 2.09. The second-order valence-corrected chi connectivity index (χ2v) is 2.90. The minimum absolute atomic E-state index is 0.120. The Bertz CT molecular complexity index is 354. The van der Waals surface area contributed by atoms with Gasteiger partial charge in [0, 0.05) is 10.6 Å². The Morgan fingerprint density at radius 1 is 1.62 bits per heavy atom. The van der Waals surface area contributed by atoms with Crippen molar-refractivity contribution in [2.45, 2.75) is 6.42 Å². The van der Waals surface area contributed by atoms with Crippen LogP contribution >= 0.6 is 11.6 Å². The van der Waals surface area contributed by atoms with Gasteiger partial charge in [-0.1, -0.05) is 11.6 Å². The topological polar surface area (TPSA) is 63.3 Å². The molecule has 3 N–H and O–H groups in total. The number of carbonyl (C=O) groups is 1. The number of nitrogen functional groups attached to an aromatic ring is 1. The van der Waals surface area contributed by atoms with Gasteiger partial charge < -0.3 is 10.8 Å². The molecule has 0 bridgehead atoms. The minimum Gasteiger partial charge on any atom is -0.481 e. The van der Waals surface area contributed by atoms with E-state index in [0.29, 0.717) is 0 Å². The van der Waals surface area contributed by atoms with Gasteiger partial charge in [0.15, 0.2) is 0 Å². The molecule has 1 aromatic rings. The maximum absolute atomic E-state index is 12.8. The number of hydrogen-bond donors (Lipinski definition) is 2. The molecule has 0 aliphatic heterocycles. The lowest BCUT2D eigenvalue weighted by molar-refractivity contribution is -0.136. The summed E-state index contributed by atoms with van der Waals surface area (Å²) in [6, 6.07) is 2.38. The normalized spacial score (nSPS) is 10.0. The van der Waals surface area contributed by atoms with E-state index in [1.165, 1.54) is 6.07 Å². The predicted octanol–water partition coefficient (Wildman–Crippen LogP) is 1.69. The SMILES string of the molecule is Nc1c(F)ccc(Cl)c1CC(=O)O. The number of hydrogen-bond acceptors (Lipinski definition) is 2. The molecule has 0 saturated carbocycles. The van der Waals surface area contributed by atoms with Crippen molar-refractivity contribution in [2.75, 3.05) is 5.73 Å². The third-order valence-electron chi connectivity index (χ3n) is 1.57. The van der Waals surface area contributed by atoms with Crippen LogP contribution in [0.15, 0.2) is 12.1 Å². The van der Waals surface area contributed by atoms with Gasteiger partial charge in [0.25, 0.3) is 0 Å². The van der Waals surface area contributed by atoms with E-state index in [4.69, 9.17) is 22.4 Å². The summed E-state index contributed by atoms with van der Waals surface area (Å²) in [5.74, 6) is -1.75. The van der Waals surface area contributed by atoms with E-state index in [1.54, 1.807) is 0 Å². The molecule has 1 aromatic carbocycles. The van der Waals surface area contributed by atoms with Crippen LogP contribution in [-0.4, -0.2) is 11.1 Å². The van der Waals surface area contributed by atoms with Crippen LogP contribution in [0.2, 0.25) is 5.02 Å². The Morgan fingerprint density at radius 2 is 2.23 bits per heavy atom. The van der Waals surface area contributed by atoms with E-state index in [9.17, 15) is 9.18 Å². The van der Waals surface area contributed by atoms with E-state index >= 15 is 0 Å². The summed E-state index contributed by atoms with van der Waals surface area (Å²) in [5.41, 5.74) is 5.23. The highest BCUT2D eigenvalue weighted by atomic mass is 35.5. The molecule has 0 aliphatic carbocycles. The van der Waals surface area contributed by atoms with Crippen LogP contribution in [0.3, 0.4) is 0 Å². The zero-order chi connectivity index (χ0) is 10.0. The first kappa shape index (κ1) is 9.80. The van der Waals surface area contributed by atoms with E-state index in [0.717, 1.165) is 6.07 Å². The van der Waals surface area contributed by atoms with Crippen LogP contribution in [0.4, 0.5) is 10.1 Å². The zero-order valence-electron chi connectivity index (χ0n) is 6.55. The molecule has 1 rings (SSSR count). The van der Waals surface area contributed by atoms with Crippen LogP contribution in [0.5, 0.6) is 0 Å². The largest absolute Gasteiger partial charge is 0.481 e. The summed E-state index contributed by atoms with van der Waals surface area (Å²) in [7, 11) is 0. The summed E-state index contributed by atoms with van der Waals surface area (Å²) in [6.07, 6.45) is -0.373. The van der Waals surface area contributed by atoms with Gasteiger partial charge in [0.05, 0.1) is 12.1 Å². The predicted molar refractivity (Wildman–Crippen MR) is 47.2 cm³/mol. The van der Waals surface area contributed by atoms with Gasteiger partial charge in [0.2, 0.25) is 0 Å². The molecule has 0 aliphatic rings. The first-order chi connectivity index (χ1) is 6.02. The quantitative estimate of drug-likeness (QED) is 0.719. The fourth-order valence-corrected chi connectivity index (χ4v) is 1.17. The molecule has 70 valence electrons. The van der Waals surface area contributed by atoms with Gasteiger partial charge in [-0.15, -0.1) is 0 Å². The molecule has 3 nitrogen and oxygen atoms in total. The molecule has 0 aromatic heterocycles. The van der Waals surface area contributed by atoms with Gasteiger partial charge in [-0.3, -0.25) is 4.79 Å². The lowest BCUT2D eigenvalue weighted by Crippen LogP contribution is -2.05. The zero-order valence-corrected chi connectivity index (χ0v) is 7.31. The van der Waals surface area contributed by atoms with Crippen LogP contribution < -0.4 is 5.73 Å². The maximum Gasteiger partial charge on any atom is 0.307 e. The Kier molecular flexibility index (Phi) is 2.72. The molecule has 0 saturated heterocycles. The van der Waals surface area contributed by atoms with Gasteiger partial charge >= 0.3 is 5.97 Å². The average Bonchev–Trinajstić information content (AvgIpc) is 2.05. The van der Waals surface area contributed by atoms with Crippen molar-refractivity contribution in [3.8, 4) is 0 Å². The highest BCUT2D eigenvalue weighted by Crippen LogP contribution is 2.25. The summed E-state index contributed by atoms with van der Waals surface area (Å²) >= 11 is 5.64. The molecule has 13 heavy (non-hydrogen) atoms. The van der Waals surface area contributed by atoms with Gasteiger partial charge in [-0.2, -0.15) is 0 Å². The first-order valence-corrected chi connectivity index (χ1v) is 3.84. The van der Waals surface area contributed by atoms with Crippen LogP contribution in [0, 0.1) is 5.82 Å². The van der Waals surface area contributed by atoms with Gasteiger partial charge in [-0.25, -0.2) is 4.39 Å². The highest BCUT2D eigenvalue weighted by molar-refractivity contribution is 6.31. The second kappa shape index (κ2) is 3.62. The Morgan fingerprint density at radius 3 is 2.77 bits per heavy atom. The van der Waals surface area contributed by atoms with Crippen molar-refractivity contribution in [1.29, 1.82) is 0 Å². The number of anilines is 1. The van der Waals surface area contributed by atoms with Gasteiger partial charge in [-0.05, 0) is 12.1 Å². The van der Waals surface area contributed by atoms with E-state index < -0.39 is 11.8 Å². The third-order valence-corrected chi connectivity index (χ3v) is 1.93. The van der Waals surface area contributed by atoms with Crippen molar-refractivity contribution in [3.63, 3.8) is 0 Å². The molecular weight excluding hydrogens is 197 g/mol. The molecule has 0 heterocycles. The summed E-state index contributed by atoms with van der Waals surface area (Å²) < 4.78 is 12.8. The lowest BCUT2D eigenvalue weighted by atomic mass is 10.1. The molecular formula is C8H7ClFNO2. The van der Waals surface area contributed by atoms with Crippen molar-refractivity contribution in [2.24, 2.45) is 0 Å². The highest BCUT2D eigenvalue weighted by Gasteiger charge is 2.12. The fourth-order valence-electron chi connectivity index (χ4n) is 0.940. The smallest absolute Gasteiger partial charge is 0.307 e. The number of rotatable bonds is 2. The number of halogens is 2. The summed E-state index contributed by atoms with van der Waals surface area (Å²) in [4.78, 5) is 10.3. The molecule has 0 fully saturated rings. The van der Waals surface area contributed by atoms with E-state index in [1.807, 2.05) is 0 Å². The number of nitrogens with two attached hydrogens (primary N) is 1. The van der Waals surface area contributed by atoms with Crippen LogP contribution in [-0.2, 0) is 11.2 Å². The molecule has 0 atom stereocenters. The first-order valence-electron chi connectivity index (χ1n) is 3.46. The number of benzene rings is 1. The number of aliphatic carboxylic acids is 1. The minimum atomic E-state index is -1.10. The lowest BCUT2D eigenvalue weighted by Gasteiger charge is -2.05. The standard InChI is InChI=1S/C8H7ClFNO2/c9-5-1-2-6(10)8(11)4(5)3-7(12)13/h1-2H,3,11H2,(H,12,13). The summed E-state index contributed by atoms with van der Waals surface area (Å²) in [5, 5.41) is 8.64. The molecule has 0 spiro atoms. The molecule has 0 radical (unpaired) electrons. The van der Waals surface area contributed by atoms with Crippen molar-refractivity contribution >= 4 is 23.3 Å². The average molecular weight is 204 g/mol. The Hall–Kier alpha value is -1.29. The molecule has 0 amide bonds. The van der Waals surface area contributed by atoms with Crippen LogP contribution in [0.1, 0.15) is 5.56 Å². The fraction of sp³-hybridized carbons (Fsp3) is 0.125. The Labute approximate surface area is 78.9 Å². The Balaban J connectivity index is 3.17. The monoisotopic (exact) mass is 203 g/mol. The van der Waals surface area contributed by atoms with Crippen molar-refractivity contribution in [1.82, 2.24) is 0 Å². The number of carboxylic acids is 1. The van der Waals surface area contributed by atoms with Crippen molar-refractivity contribution < 1.29 is 14.3 Å². The van der Waals surface area contributed by atoms with Crippen molar-refractivity contribution in [3.05, 3.63) is 28.5 Å². The van der Waals surface area contributed by atoms with Gasteiger partial charge in [0.1, 0.15) is 5.82 Å². The number of carboxylic acid groups (broad SMARTS) is 1. The second-order valence-electron chi connectivity index (χ2n) is 2.49.